The second-order valence-corrected chi connectivity index (χ2v) is 40.4. The van der Waals surface area contributed by atoms with Gasteiger partial charge in [0.1, 0.15) is 6.10 Å². The number of ether oxygens (including phenoxy) is 2. The van der Waals surface area contributed by atoms with Gasteiger partial charge in [-0.15, -0.1) is 0 Å². The zero-order chi connectivity index (χ0) is 56.1. The van der Waals surface area contributed by atoms with Crippen LogP contribution in [0.5, 0.6) is 0 Å². The summed E-state index contributed by atoms with van der Waals surface area (Å²) in [6.07, 6.45) is 2.64. The van der Waals surface area contributed by atoms with E-state index in [-0.39, 0.29) is 69.2 Å². The van der Waals surface area contributed by atoms with Crippen molar-refractivity contribution in [2.75, 3.05) is 20.8 Å². The van der Waals surface area contributed by atoms with Crippen molar-refractivity contribution < 1.29 is 47.4 Å². The van der Waals surface area contributed by atoms with Crippen LogP contribution in [0.3, 0.4) is 0 Å². The van der Waals surface area contributed by atoms with Crippen LogP contribution < -0.4 is 5.73 Å². The van der Waals surface area contributed by atoms with Gasteiger partial charge in [-0.25, -0.2) is 9.86 Å². The van der Waals surface area contributed by atoms with Crippen molar-refractivity contribution in [1.29, 1.82) is 0 Å². The first-order chi connectivity index (χ1) is 32.6. The molecule has 0 heterocycles. The van der Waals surface area contributed by atoms with Gasteiger partial charge in [-0.3, -0.25) is 9.63 Å². The molecule has 418 valence electrons. The molecule has 1 aromatic carbocycles. The minimum absolute atomic E-state index is 0.00357. The first kappa shape index (κ1) is 67.8. The number of amides is 2. The molecule has 1 rings (SSSR count). The summed E-state index contributed by atoms with van der Waals surface area (Å²) in [5, 5.41) is 24.2. The Kier molecular flexibility index (Phi) is 26.6. The summed E-state index contributed by atoms with van der Waals surface area (Å²) in [6, 6.07) is 10.0. The summed E-state index contributed by atoms with van der Waals surface area (Å²) in [5.74, 6) is -1.70. The lowest BCUT2D eigenvalue weighted by molar-refractivity contribution is -0.177. The van der Waals surface area contributed by atoms with Crippen molar-refractivity contribution in [2.24, 2.45) is 47.2 Å². The molecule has 0 unspecified atom stereocenters. The molecule has 2 amide bonds. The number of aliphatic hydroxyl groups excluding tert-OH is 2. The van der Waals surface area contributed by atoms with Gasteiger partial charge >= 0.3 is 6.09 Å². The third kappa shape index (κ3) is 20.7. The van der Waals surface area contributed by atoms with E-state index in [1.54, 1.807) is 13.1 Å². The van der Waals surface area contributed by atoms with Crippen molar-refractivity contribution in [2.45, 2.75) is 228 Å². The van der Waals surface area contributed by atoms with E-state index in [0.717, 1.165) is 12.0 Å². The number of hydrogen-bond donors (Lipinski definition) is 3. The maximum atomic E-state index is 13.4. The number of rotatable bonds is 29. The quantitative estimate of drug-likeness (QED) is 0.0400. The van der Waals surface area contributed by atoms with Crippen molar-refractivity contribution in [1.82, 2.24) is 5.06 Å². The molecule has 12 nitrogen and oxygen atoms in total. The molecule has 15 heteroatoms. The van der Waals surface area contributed by atoms with Gasteiger partial charge in [0.2, 0.25) is 0 Å². The highest BCUT2D eigenvalue weighted by atomic mass is 28.4. The Hall–Kier alpha value is -2.19. The van der Waals surface area contributed by atoms with Crippen LogP contribution in [0.2, 0.25) is 54.4 Å². The molecule has 13 atom stereocenters. The molecule has 0 aromatic heterocycles. The fourth-order valence-electron chi connectivity index (χ4n) is 8.67. The first-order valence-corrected chi connectivity index (χ1v) is 35.5. The molecule has 0 fully saturated rings. The molecule has 0 aliphatic rings. The van der Waals surface area contributed by atoms with Gasteiger partial charge in [0.25, 0.3) is 5.91 Å². The summed E-state index contributed by atoms with van der Waals surface area (Å²) in [6.45, 7) is 50.8. The van der Waals surface area contributed by atoms with Crippen molar-refractivity contribution >= 4 is 37.0 Å². The summed E-state index contributed by atoms with van der Waals surface area (Å²) in [4.78, 5) is 31.2. The molecular formula is C57H108N2O10Si3. The molecule has 0 aliphatic heterocycles. The lowest BCUT2D eigenvalue weighted by Crippen LogP contribution is -2.52. The zero-order valence-corrected chi connectivity index (χ0v) is 53.1. The van der Waals surface area contributed by atoms with E-state index < -0.39 is 67.3 Å². The van der Waals surface area contributed by atoms with E-state index in [2.05, 4.69) is 142 Å². The Bertz CT molecular complexity index is 1840. The lowest BCUT2D eigenvalue weighted by atomic mass is 9.81. The molecule has 0 saturated carbocycles. The predicted molar refractivity (Wildman–Crippen MR) is 305 cm³/mol. The third-order valence-corrected chi connectivity index (χ3v) is 30.0. The number of primary amides is 1. The van der Waals surface area contributed by atoms with Crippen molar-refractivity contribution in [3.63, 3.8) is 0 Å². The monoisotopic (exact) mass is 1060 g/mol. The second-order valence-electron chi connectivity index (χ2n) is 26.1. The SMILES string of the molecule is CON(C)C(=O)[C@H](C)[C@H](O[Si](C)(C)C(C)(C)C)[C@H](C)[C@@H](O)C[C@@H](O)/C=C\[C@H](C)[C@H](O[Si](C)(C)C(C)(C)C)[C@@H](C)/C=C(/C)C[C@@H](C)[C@@H](O[Si](C)(C)C(C)(C)C)[C@@H](C)[C@@H](OC(N)=O)[C@@H](C)COCc1ccccc1. The highest BCUT2D eigenvalue weighted by molar-refractivity contribution is 6.75. The Morgan fingerprint density at radius 3 is 1.61 bits per heavy atom. The van der Waals surface area contributed by atoms with Crippen LogP contribution in [0.15, 0.2) is 54.1 Å². The Labute approximate surface area is 443 Å². The van der Waals surface area contributed by atoms with E-state index in [1.165, 1.54) is 17.7 Å². The van der Waals surface area contributed by atoms with Crippen LogP contribution in [0.1, 0.15) is 136 Å². The van der Waals surface area contributed by atoms with E-state index in [9.17, 15) is 19.8 Å². The van der Waals surface area contributed by atoms with Crippen molar-refractivity contribution in [3.8, 4) is 0 Å². The van der Waals surface area contributed by atoms with E-state index >= 15 is 0 Å². The smallest absolute Gasteiger partial charge is 0.404 e. The minimum atomic E-state index is -2.38. The molecule has 0 aliphatic carbocycles. The number of nitrogens with two attached hydrogens (primary N) is 1. The molecular weight excluding hydrogens is 957 g/mol. The molecule has 4 N–H and O–H groups in total. The molecule has 0 spiro atoms. The van der Waals surface area contributed by atoms with Crippen LogP contribution in [-0.2, 0) is 39.0 Å². The number of allylic oxidation sites excluding steroid dienone is 1. The van der Waals surface area contributed by atoms with Gasteiger partial charge in [0.15, 0.2) is 25.0 Å². The summed E-state index contributed by atoms with van der Waals surface area (Å²) in [5.41, 5.74) is 8.04. The van der Waals surface area contributed by atoms with Gasteiger partial charge in [-0.05, 0) is 91.1 Å². The van der Waals surface area contributed by atoms with Crippen LogP contribution in [-0.4, -0.2) is 110 Å². The maximum Gasteiger partial charge on any atom is 0.404 e. The molecule has 0 bridgehead atoms. The normalized spacial score (nSPS) is 19.3. The van der Waals surface area contributed by atoms with Gasteiger partial charge in [-0.1, -0.05) is 165 Å². The van der Waals surface area contributed by atoms with Gasteiger partial charge in [-0.2, -0.15) is 0 Å². The molecule has 1 aromatic rings. The zero-order valence-electron chi connectivity index (χ0n) is 50.1. The van der Waals surface area contributed by atoms with E-state index in [0.29, 0.717) is 13.2 Å². The molecule has 72 heavy (non-hydrogen) atoms. The Balaban J connectivity index is 3.59. The molecule has 0 saturated heterocycles. The lowest BCUT2D eigenvalue weighted by Gasteiger charge is -2.45. The summed E-state index contributed by atoms with van der Waals surface area (Å²) >= 11 is 0. The van der Waals surface area contributed by atoms with Crippen molar-refractivity contribution in [3.05, 3.63) is 59.7 Å². The first-order valence-electron chi connectivity index (χ1n) is 26.8. The highest BCUT2D eigenvalue weighted by Crippen LogP contribution is 2.43. The standard InChI is InChI=1S/C57H108N2O10Si3/c1-38(34-41(4)51(68-71(22,23)56(12,13)14)44(7)50(66-54(58)63)42(5)36-65-37-46-29-27-26-28-30-46)33-40(3)49(67-70(20,21)55(9,10)11)39(2)31-32-47(60)35-48(61)43(6)52(45(8)53(62)59(18)64-19)69-72(24,25)57(15,16)17/h26-33,39-45,47-52,60-61H,34-37H2,1-25H3,(H2,58,63)/b32-31-,38-33-/t39-,40-,41+,42-,43+,44-,45+,47-,48-,49-,50-,51+,52+/m0/s1. The highest BCUT2D eigenvalue weighted by Gasteiger charge is 2.47. The number of carbonyl (C=O) groups is 2. The van der Waals surface area contributed by atoms with Crippen LogP contribution in [0.25, 0.3) is 0 Å². The maximum absolute atomic E-state index is 13.4. The van der Waals surface area contributed by atoms with Crippen LogP contribution in [0, 0.1) is 41.4 Å². The number of hydrogen-bond acceptors (Lipinski definition) is 10. The van der Waals surface area contributed by atoms with Crippen LogP contribution in [0.4, 0.5) is 4.79 Å². The van der Waals surface area contributed by atoms with Gasteiger partial charge < -0.3 is 38.7 Å². The fraction of sp³-hybridized carbons (Fsp3) is 0.789. The predicted octanol–water partition coefficient (Wildman–Crippen LogP) is 13.3. The topological polar surface area (TPSA) is 159 Å². The minimum Gasteiger partial charge on any atom is -0.446 e. The van der Waals surface area contributed by atoms with E-state index in [1.807, 2.05) is 57.2 Å². The number of benzene rings is 1. The number of aliphatic hydroxyl groups is 2. The number of nitrogens with zero attached hydrogens (tertiary/aromatic N) is 1. The largest absolute Gasteiger partial charge is 0.446 e. The number of hydroxylamine groups is 2. The van der Waals surface area contributed by atoms with Gasteiger partial charge in [0.05, 0.1) is 56.8 Å². The Morgan fingerprint density at radius 1 is 0.681 bits per heavy atom. The summed E-state index contributed by atoms with van der Waals surface area (Å²) in [7, 11) is -3.96. The van der Waals surface area contributed by atoms with E-state index in [4.69, 9.17) is 33.3 Å². The number of carbonyl (C=O) groups excluding carboxylic acids is 2. The molecule has 0 radical (unpaired) electrons. The van der Waals surface area contributed by atoms with Gasteiger partial charge in [0, 0.05) is 31.2 Å². The summed E-state index contributed by atoms with van der Waals surface area (Å²) < 4.78 is 33.6. The average Bonchev–Trinajstić information content (AvgIpc) is 3.25. The average molecular weight is 1070 g/mol. The fourth-order valence-corrected chi connectivity index (χ4v) is 13.1. The van der Waals surface area contributed by atoms with Crippen LogP contribution >= 0.6 is 0 Å². The second kappa shape index (κ2) is 28.3. The third-order valence-electron chi connectivity index (χ3n) is 16.6. The Morgan fingerprint density at radius 2 is 1.15 bits per heavy atom.